The molecular weight excluding hydrogens is 637 g/mol. The van der Waals surface area contributed by atoms with Crippen LogP contribution in [0, 0.1) is 0 Å². The molecule has 0 amide bonds. The number of nitrogens with one attached hydrogen (secondary N) is 1. The molecule has 0 bridgehead atoms. The Morgan fingerprint density at radius 1 is 0.519 bits per heavy atom. The zero-order valence-corrected chi connectivity index (χ0v) is 28.6. The van der Waals surface area contributed by atoms with E-state index in [1.807, 2.05) is 12.1 Å². The van der Waals surface area contributed by atoms with Crippen molar-refractivity contribution in [2.45, 2.75) is 19.4 Å². The lowest BCUT2D eigenvalue weighted by Gasteiger charge is -2.21. The van der Waals surface area contributed by atoms with Crippen LogP contribution in [-0.4, -0.2) is 5.84 Å². The van der Waals surface area contributed by atoms with Crippen LogP contribution in [0.15, 0.2) is 183 Å². The molecule has 4 nitrogen and oxygen atoms in total. The maximum absolute atomic E-state index is 6.80. The van der Waals surface area contributed by atoms with Gasteiger partial charge in [-0.2, -0.15) is 0 Å². The zero-order chi connectivity index (χ0) is 34.6. The largest absolute Gasteiger partial charge is 0.455 e. The van der Waals surface area contributed by atoms with E-state index in [9.17, 15) is 0 Å². The van der Waals surface area contributed by atoms with Crippen LogP contribution in [0.25, 0.3) is 71.8 Å². The van der Waals surface area contributed by atoms with Gasteiger partial charge in [0.2, 0.25) is 0 Å². The average Bonchev–Trinajstić information content (AvgIpc) is 3.73. The summed E-state index contributed by atoms with van der Waals surface area (Å²) >= 11 is 0. The first-order valence-electron chi connectivity index (χ1n) is 17.8. The minimum atomic E-state index is -0.00158. The molecule has 1 aliphatic heterocycles. The van der Waals surface area contributed by atoms with Gasteiger partial charge in [0.15, 0.2) is 0 Å². The third kappa shape index (κ3) is 5.03. The van der Waals surface area contributed by atoms with Gasteiger partial charge in [-0.1, -0.05) is 146 Å². The molecule has 1 atom stereocenters. The number of amidine groups is 1. The first kappa shape index (κ1) is 30.2. The van der Waals surface area contributed by atoms with Gasteiger partial charge in [0.05, 0.1) is 11.7 Å². The van der Waals surface area contributed by atoms with E-state index < -0.39 is 0 Å². The predicted molar refractivity (Wildman–Crippen MR) is 214 cm³/mol. The molecule has 7 aromatic carbocycles. The van der Waals surface area contributed by atoms with Gasteiger partial charge in [-0.3, -0.25) is 0 Å². The number of aliphatic imine (C=N–C) groups is 1. The van der Waals surface area contributed by atoms with Crippen molar-refractivity contribution < 1.29 is 8.83 Å². The molecule has 1 N–H and O–H groups in total. The molecule has 1 aliphatic rings. The van der Waals surface area contributed by atoms with Gasteiger partial charge >= 0.3 is 0 Å². The van der Waals surface area contributed by atoms with Gasteiger partial charge in [-0.15, -0.1) is 0 Å². The Bertz CT molecular complexity index is 2860. The Morgan fingerprint density at radius 3 is 1.90 bits per heavy atom. The lowest BCUT2D eigenvalue weighted by molar-refractivity contribution is 0.646. The van der Waals surface area contributed by atoms with E-state index in [0.717, 1.165) is 84.1 Å². The van der Waals surface area contributed by atoms with Crippen molar-refractivity contribution in [3.8, 4) is 22.3 Å². The number of hydrogen-bond acceptors (Lipinski definition) is 4. The normalized spacial score (nSPS) is 14.9. The number of hydrogen-bond donors (Lipinski definition) is 1. The van der Waals surface area contributed by atoms with Gasteiger partial charge in [0.25, 0.3) is 0 Å². The molecule has 3 heterocycles. The Kier molecular flexibility index (Phi) is 7.14. The van der Waals surface area contributed by atoms with Crippen molar-refractivity contribution in [2.75, 3.05) is 0 Å². The fourth-order valence-electron chi connectivity index (χ4n) is 7.89. The van der Waals surface area contributed by atoms with E-state index in [4.69, 9.17) is 13.8 Å². The Labute approximate surface area is 301 Å². The maximum Gasteiger partial charge on any atom is 0.143 e. The van der Waals surface area contributed by atoms with Crippen molar-refractivity contribution in [1.82, 2.24) is 5.32 Å². The monoisotopic (exact) mass is 670 g/mol. The summed E-state index contributed by atoms with van der Waals surface area (Å²) in [5, 5.41) is 8.21. The van der Waals surface area contributed by atoms with Crippen LogP contribution in [0.3, 0.4) is 0 Å². The van der Waals surface area contributed by atoms with Gasteiger partial charge in [0, 0.05) is 43.8 Å². The number of nitrogens with zero attached hydrogens (tertiary/aromatic N) is 1. The van der Waals surface area contributed by atoms with E-state index in [1.54, 1.807) is 0 Å². The van der Waals surface area contributed by atoms with E-state index in [-0.39, 0.29) is 6.04 Å². The number of benzene rings is 7. The van der Waals surface area contributed by atoms with Gasteiger partial charge in [-0.05, 0) is 53.8 Å². The second kappa shape index (κ2) is 12.3. The molecule has 10 rings (SSSR count). The highest BCUT2D eigenvalue weighted by atomic mass is 16.3. The average molecular weight is 671 g/mol. The minimum Gasteiger partial charge on any atom is -0.455 e. The number of rotatable bonds is 5. The summed E-state index contributed by atoms with van der Waals surface area (Å²) in [6.45, 7) is 2.21. The Hall–Kier alpha value is -6.65. The van der Waals surface area contributed by atoms with Crippen molar-refractivity contribution in [1.29, 1.82) is 0 Å². The highest BCUT2D eigenvalue weighted by Gasteiger charge is 2.25. The molecule has 2 aromatic heterocycles. The third-order valence-corrected chi connectivity index (χ3v) is 10.4. The summed E-state index contributed by atoms with van der Waals surface area (Å²) in [6.07, 6.45) is 0.809. The second-order valence-corrected chi connectivity index (χ2v) is 13.6. The van der Waals surface area contributed by atoms with Crippen LogP contribution in [0.1, 0.15) is 36.1 Å². The molecule has 4 heteroatoms. The molecule has 0 saturated carbocycles. The fourth-order valence-corrected chi connectivity index (χ4v) is 7.89. The molecule has 0 fully saturated rings. The quantitative estimate of drug-likeness (QED) is 0.198. The molecule has 0 saturated heterocycles. The van der Waals surface area contributed by atoms with E-state index in [2.05, 4.69) is 164 Å². The molecule has 52 heavy (non-hydrogen) atoms. The SMILES string of the molecule is CC1=C(c2ccccc2)N=C(c2cccc3oc4c(-c5cccc6c5oc5ccccc56)cccc4c23)NC(c2cccc(-c3ccccc3)c2)C1. The fraction of sp³-hybridized carbons (Fsp3) is 0.0625. The summed E-state index contributed by atoms with van der Waals surface area (Å²) in [4.78, 5) is 5.46. The van der Waals surface area contributed by atoms with Crippen LogP contribution in [0.5, 0.6) is 0 Å². The van der Waals surface area contributed by atoms with Crippen molar-refractivity contribution in [3.63, 3.8) is 0 Å². The van der Waals surface area contributed by atoms with Crippen LogP contribution in [-0.2, 0) is 0 Å². The molecule has 0 aliphatic carbocycles. The molecule has 248 valence electrons. The molecular formula is C48H34N2O2. The lowest BCUT2D eigenvalue weighted by Crippen LogP contribution is -2.28. The standard InChI is InChI=1S/C48H34N2O2/c1-30-28-41(34-19-10-18-33(29-34)31-14-4-2-5-15-31)49-48(50-45(30)32-16-6-3-7-17-32)40-25-13-27-43-44(40)39-24-12-23-38(47(39)52-43)37-22-11-21-36-35-20-8-9-26-42(35)51-46(36)37/h2-27,29,41H,28H2,1H3,(H,49,50). The van der Waals surface area contributed by atoms with E-state index in [1.165, 1.54) is 22.3 Å². The topological polar surface area (TPSA) is 50.7 Å². The maximum atomic E-state index is 6.80. The molecule has 0 spiro atoms. The molecule has 9 aromatic rings. The summed E-state index contributed by atoms with van der Waals surface area (Å²) in [7, 11) is 0. The number of para-hydroxylation sites is 3. The van der Waals surface area contributed by atoms with Gasteiger partial charge < -0.3 is 14.2 Å². The smallest absolute Gasteiger partial charge is 0.143 e. The predicted octanol–water partition coefficient (Wildman–Crippen LogP) is 12.7. The summed E-state index contributed by atoms with van der Waals surface area (Å²) in [5.74, 6) is 0.823. The zero-order valence-electron chi connectivity index (χ0n) is 28.6. The van der Waals surface area contributed by atoms with Crippen molar-refractivity contribution >= 4 is 55.4 Å². The van der Waals surface area contributed by atoms with Crippen molar-refractivity contribution in [2.24, 2.45) is 4.99 Å². The van der Waals surface area contributed by atoms with Gasteiger partial charge in [0.1, 0.15) is 28.2 Å². The molecule has 1 unspecified atom stereocenters. The van der Waals surface area contributed by atoms with Crippen LogP contribution >= 0.6 is 0 Å². The highest BCUT2D eigenvalue weighted by Crippen LogP contribution is 2.42. The third-order valence-electron chi connectivity index (χ3n) is 10.4. The highest BCUT2D eigenvalue weighted by molar-refractivity contribution is 6.21. The van der Waals surface area contributed by atoms with Crippen LogP contribution in [0.4, 0.5) is 0 Å². The van der Waals surface area contributed by atoms with Crippen molar-refractivity contribution in [3.05, 3.63) is 186 Å². The van der Waals surface area contributed by atoms with E-state index in [0.29, 0.717) is 0 Å². The lowest BCUT2D eigenvalue weighted by atomic mass is 9.94. The number of fused-ring (bicyclic) bond motifs is 6. The minimum absolute atomic E-state index is 0.00158. The van der Waals surface area contributed by atoms with Crippen LogP contribution < -0.4 is 5.32 Å². The van der Waals surface area contributed by atoms with Gasteiger partial charge in [-0.25, -0.2) is 4.99 Å². The van der Waals surface area contributed by atoms with Crippen LogP contribution in [0.2, 0.25) is 0 Å². The molecule has 0 radical (unpaired) electrons. The number of furan rings is 2. The Balaban J connectivity index is 1.16. The van der Waals surface area contributed by atoms with E-state index >= 15 is 0 Å². The second-order valence-electron chi connectivity index (χ2n) is 13.6. The summed E-state index contributed by atoms with van der Waals surface area (Å²) in [6, 6.07) is 57.2. The summed E-state index contributed by atoms with van der Waals surface area (Å²) in [5.41, 5.74) is 13.3. The Morgan fingerprint density at radius 2 is 1.10 bits per heavy atom. The first-order chi connectivity index (χ1) is 25.7. The summed E-state index contributed by atoms with van der Waals surface area (Å²) < 4.78 is 13.3. The first-order valence-corrected chi connectivity index (χ1v) is 17.8.